The first-order valence-corrected chi connectivity index (χ1v) is 5.65. The summed E-state index contributed by atoms with van der Waals surface area (Å²) in [5.41, 5.74) is 2.56. The van der Waals surface area contributed by atoms with Crippen molar-refractivity contribution >= 4 is 12.6 Å². The van der Waals surface area contributed by atoms with E-state index in [1.807, 2.05) is 31.2 Å². The molecule has 2 aromatic rings. The molecule has 2 N–H and O–H groups in total. The first-order chi connectivity index (χ1) is 8.66. The van der Waals surface area contributed by atoms with E-state index in [4.69, 9.17) is 14.8 Å². The van der Waals surface area contributed by atoms with Gasteiger partial charge in [-0.2, -0.15) is 0 Å². The van der Waals surface area contributed by atoms with Gasteiger partial charge in [0.05, 0.1) is 6.20 Å². The fourth-order valence-corrected chi connectivity index (χ4v) is 1.59. The van der Waals surface area contributed by atoms with Crippen LogP contribution in [0.4, 0.5) is 0 Å². The Hall–Kier alpha value is -1.85. The number of benzene rings is 1. The van der Waals surface area contributed by atoms with Crippen LogP contribution in [0.15, 0.2) is 42.7 Å². The summed E-state index contributed by atoms with van der Waals surface area (Å²) in [6.45, 7) is 2.45. The van der Waals surface area contributed by atoms with E-state index in [1.165, 1.54) is 6.20 Å². The van der Waals surface area contributed by atoms with Gasteiger partial charge in [-0.3, -0.25) is 4.98 Å². The maximum Gasteiger partial charge on any atom is 0.490 e. The van der Waals surface area contributed by atoms with Crippen LogP contribution in [0, 0.1) is 6.92 Å². The van der Waals surface area contributed by atoms with Crippen LogP contribution in [0.5, 0.6) is 5.75 Å². The summed E-state index contributed by atoms with van der Waals surface area (Å²) in [6, 6.07) is 9.51. The zero-order chi connectivity index (χ0) is 13.0. The van der Waals surface area contributed by atoms with Crippen LogP contribution in [0.1, 0.15) is 11.1 Å². The number of aromatic nitrogens is 1. The molecule has 18 heavy (non-hydrogen) atoms. The summed E-state index contributed by atoms with van der Waals surface area (Å²) in [5.74, 6) is 0.517. The van der Waals surface area contributed by atoms with Gasteiger partial charge in [0.1, 0.15) is 12.4 Å². The molecule has 0 atom stereocenters. The lowest BCUT2D eigenvalue weighted by Gasteiger charge is -2.09. The Bertz CT molecular complexity index is 531. The molecule has 0 aliphatic rings. The fraction of sp³-hybridized carbons (Fsp3) is 0.154. The molecule has 5 heteroatoms. The second-order valence-electron chi connectivity index (χ2n) is 4.04. The Labute approximate surface area is 106 Å². The summed E-state index contributed by atoms with van der Waals surface area (Å²) in [4.78, 5) is 3.90. The molecule has 0 aliphatic carbocycles. The van der Waals surface area contributed by atoms with Crippen molar-refractivity contribution in [2.45, 2.75) is 13.5 Å². The number of ether oxygens (including phenoxy) is 1. The summed E-state index contributed by atoms with van der Waals surface area (Å²) >= 11 is 0. The maximum atomic E-state index is 9.04. The Balaban J connectivity index is 2.07. The molecule has 0 saturated carbocycles. The van der Waals surface area contributed by atoms with Gasteiger partial charge in [-0.05, 0) is 24.1 Å². The smallest absolute Gasteiger partial charge is 0.487 e. The molecule has 0 unspecified atom stereocenters. The van der Waals surface area contributed by atoms with Gasteiger partial charge in [0, 0.05) is 11.7 Å². The summed E-state index contributed by atoms with van der Waals surface area (Å²) in [6.07, 6.45) is 2.94. The maximum absolute atomic E-state index is 9.04. The number of hydrogen-bond donors (Lipinski definition) is 2. The topological polar surface area (TPSA) is 62.6 Å². The van der Waals surface area contributed by atoms with Gasteiger partial charge in [-0.1, -0.05) is 24.3 Å². The molecule has 0 fully saturated rings. The van der Waals surface area contributed by atoms with Crippen molar-refractivity contribution in [2.24, 2.45) is 0 Å². The van der Waals surface area contributed by atoms with Gasteiger partial charge in [0.2, 0.25) is 0 Å². The first-order valence-electron chi connectivity index (χ1n) is 5.65. The largest absolute Gasteiger partial charge is 0.490 e. The minimum atomic E-state index is -1.53. The second-order valence-corrected chi connectivity index (χ2v) is 4.04. The molecule has 1 heterocycles. The van der Waals surface area contributed by atoms with Crippen LogP contribution in [0.2, 0.25) is 0 Å². The highest BCUT2D eigenvalue weighted by Gasteiger charge is 2.12. The van der Waals surface area contributed by atoms with E-state index in [2.05, 4.69) is 4.98 Å². The molecular weight excluding hydrogens is 229 g/mol. The van der Waals surface area contributed by atoms with Gasteiger partial charge in [-0.25, -0.2) is 0 Å². The van der Waals surface area contributed by atoms with Crippen LogP contribution < -0.4 is 10.2 Å². The van der Waals surface area contributed by atoms with Crippen molar-refractivity contribution in [1.29, 1.82) is 0 Å². The van der Waals surface area contributed by atoms with E-state index in [0.29, 0.717) is 17.8 Å². The van der Waals surface area contributed by atoms with Crippen molar-refractivity contribution in [3.05, 3.63) is 53.9 Å². The van der Waals surface area contributed by atoms with Crippen molar-refractivity contribution in [3.63, 3.8) is 0 Å². The number of hydrogen-bond acceptors (Lipinski definition) is 4. The zero-order valence-corrected chi connectivity index (χ0v) is 10.1. The second kappa shape index (κ2) is 5.66. The van der Waals surface area contributed by atoms with E-state index in [-0.39, 0.29) is 0 Å². The number of pyridine rings is 1. The Morgan fingerprint density at radius 2 is 2.00 bits per heavy atom. The lowest BCUT2D eigenvalue weighted by molar-refractivity contribution is 0.304. The van der Waals surface area contributed by atoms with E-state index in [9.17, 15) is 0 Å². The number of rotatable bonds is 4. The standard InChI is InChI=1S/C13H14BNO3/c1-10-4-2-3-5-11(10)9-18-13-6-12(14(16)17)7-15-8-13/h2-8,16-17H,9H2,1H3. The van der Waals surface area contributed by atoms with Gasteiger partial charge < -0.3 is 14.8 Å². The van der Waals surface area contributed by atoms with Crippen LogP contribution in [-0.4, -0.2) is 22.2 Å². The first kappa shape index (κ1) is 12.6. The molecule has 0 saturated heterocycles. The van der Waals surface area contributed by atoms with Crippen molar-refractivity contribution in [2.75, 3.05) is 0 Å². The normalized spacial score (nSPS) is 10.2. The molecule has 0 radical (unpaired) electrons. The average Bonchev–Trinajstić information content (AvgIpc) is 2.38. The van der Waals surface area contributed by atoms with Gasteiger partial charge in [-0.15, -0.1) is 0 Å². The van der Waals surface area contributed by atoms with Crippen molar-refractivity contribution in [1.82, 2.24) is 4.98 Å². The minimum absolute atomic E-state index is 0.317. The third-order valence-electron chi connectivity index (χ3n) is 2.69. The van der Waals surface area contributed by atoms with Gasteiger partial charge >= 0.3 is 7.12 Å². The third kappa shape index (κ3) is 3.09. The van der Waals surface area contributed by atoms with E-state index in [0.717, 1.165) is 11.1 Å². The monoisotopic (exact) mass is 243 g/mol. The molecule has 92 valence electrons. The highest BCUT2D eigenvalue weighted by atomic mass is 16.5. The molecule has 1 aromatic heterocycles. The molecule has 0 spiro atoms. The van der Waals surface area contributed by atoms with Gasteiger partial charge in [0.15, 0.2) is 0 Å². The molecule has 2 rings (SSSR count). The van der Waals surface area contributed by atoms with E-state index < -0.39 is 7.12 Å². The predicted octanol–water partition coefficient (Wildman–Crippen LogP) is 0.649. The highest BCUT2D eigenvalue weighted by Crippen LogP contribution is 2.12. The predicted molar refractivity (Wildman–Crippen MR) is 69.6 cm³/mol. The lowest BCUT2D eigenvalue weighted by Crippen LogP contribution is -2.30. The summed E-state index contributed by atoms with van der Waals surface area (Å²) in [7, 11) is -1.53. The van der Waals surface area contributed by atoms with Gasteiger partial charge in [0.25, 0.3) is 0 Å². The quantitative estimate of drug-likeness (QED) is 0.774. The Kier molecular flexibility index (Phi) is 3.97. The molecule has 4 nitrogen and oxygen atoms in total. The minimum Gasteiger partial charge on any atom is -0.487 e. The summed E-state index contributed by atoms with van der Waals surface area (Å²) in [5, 5.41) is 18.1. The Morgan fingerprint density at radius 1 is 1.22 bits per heavy atom. The van der Waals surface area contributed by atoms with E-state index >= 15 is 0 Å². The molecule has 0 aliphatic heterocycles. The van der Waals surface area contributed by atoms with E-state index in [1.54, 1.807) is 12.3 Å². The van der Waals surface area contributed by atoms with Crippen molar-refractivity contribution in [3.8, 4) is 5.75 Å². The van der Waals surface area contributed by atoms with Crippen LogP contribution in [-0.2, 0) is 6.61 Å². The number of nitrogens with zero attached hydrogens (tertiary/aromatic N) is 1. The van der Waals surface area contributed by atoms with Crippen LogP contribution in [0.25, 0.3) is 0 Å². The molecular formula is C13H14BNO3. The van der Waals surface area contributed by atoms with Crippen LogP contribution in [0.3, 0.4) is 0 Å². The van der Waals surface area contributed by atoms with Crippen LogP contribution >= 0.6 is 0 Å². The Morgan fingerprint density at radius 3 is 2.72 bits per heavy atom. The summed E-state index contributed by atoms with van der Waals surface area (Å²) < 4.78 is 5.58. The SMILES string of the molecule is Cc1ccccc1COc1cncc(B(O)O)c1. The molecule has 0 amide bonds. The molecule has 0 bridgehead atoms. The highest BCUT2D eigenvalue weighted by molar-refractivity contribution is 6.58. The zero-order valence-electron chi connectivity index (χ0n) is 10.1. The average molecular weight is 243 g/mol. The third-order valence-corrected chi connectivity index (χ3v) is 2.69. The lowest BCUT2D eigenvalue weighted by atomic mass is 9.82. The fourth-order valence-electron chi connectivity index (χ4n) is 1.59. The molecule has 1 aromatic carbocycles. The number of aryl methyl sites for hydroxylation is 1. The van der Waals surface area contributed by atoms with Crippen molar-refractivity contribution < 1.29 is 14.8 Å².